The molecule has 0 unspecified atom stereocenters. The summed E-state index contributed by atoms with van der Waals surface area (Å²) in [5, 5.41) is 0. The quantitative estimate of drug-likeness (QED) is 0.864. The van der Waals surface area contributed by atoms with Crippen molar-refractivity contribution in [2.24, 2.45) is 0 Å². The van der Waals surface area contributed by atoms with Gasteiger partial charge in [-0.3, -0.25) is 0 Å². The number of methoxy groups -OCH3 is 1. The highest BCUT2D eigenvalue weighted by Crippen LogP contribution is 2.25. The summed E-state index contributed by atoms with van der Waals surface area (Å²) in [6, 6.07) is 8.59. The van der Waals surface area contributed by atoms with Crippen LogP contribution in [-0.2, 0) is 6.61 Å². The standard InChI is InChI=1S/C14H13F2NO2/c1-18-13-6-5-9(7-12(13)17)8-19-14-10(15)3-2-4-11(14)16/h2-7H,8,17H2,1H3. The molecule has 0 fully saturated rings. The first-order valence-electron chi connectivity index (χ1n) is 5.61. The molecule has 0 spiro atoms. The van der Waals surface area contributed by atoms with Crippen LogP contribution in [0.4, 0.5) is 14.5 Å². The Labute approximate surface area is 109 Å². The number of anilines is 1. The van der Waals surface area contributed by atoms with Gasteiger partial charge in [0.25, 0.3) is 0 Å². The molecular formula is C14H13F2NO2. The van der Waals surface area contributed by atoms with E-state index in [1.54, 1.807) is 18.2 Å². The predicted molar refractivity (Wildman–Crippen MR) is 68.1 cm³/mol. The van der Waals surface area contributed by atoms with E-state index < -0.39 is 17.4 Å². The van der Waals surface area contributed by atoms with E-state index in [1.807, 2.05) is 0 Å². The first-order valence-corrected chi connectivity index (χ1v) is 5.61. The third-order valence-electron chi connectivity index (χ3n) is 2.60. The molecule has 2 aromatic carbocycles. The molecule has 19 heavy (non-hydrogen) atoms. The predicted octanol–water partition coefficient (Wildman–Crippen LogP) is 3.13. The molecular weight excluding hydrogens is 252 g/mol. The third kappa shape index (κ3) is 2.93. The molecule has 0 saturated heterocycles. The molecule has 2 N–H and O–H groups in total. The summed E-state index contributed by atoms with van der Waals surface area (Å²) in [5.74, 6) is -1.32. The van der Waals surface area contributed by atoms with E-state index in [-0.39, 0.29) is 6.61 Å². The maximum Gasteiger partial charge on any atom is 0.191 e. The summed E-state index contributed by atoms with van der Waals surface area (Å²) in [7, 11) is 1.51. The van der Waals surface area contributed by atoms with Gasteiger partial charge in [-0.2, -0.15) is 0 Å². The molecule has 0 atom stereocenters. The Morgan fingerprint density at radius 1 is 1.11 bits per heavy atom. The summed E-state index contributed by atoms with van der Waals surface area (Å²) in [6.07, 6.45) is 0. The molecule has 0 heterocycles. The average molecular weight is 265 g/mol. The normalized spacial score (nSPS) is 10.3. The zero-order chi connectivity index (χ0) is 13.8. The van der Waals surface area contributed by atoms with Gasteiger partial charge in [-0.1, -0.05) is 12.1 Å². The number of para-hydroxylation sites is 1. The number of hydrogen-bond donors (Lipinski definition) is 1. The number of nitrogen functional groups attached to an aromatic ring is 1. The Balaban J connectivity index is 2.13. The van der Waals surface area contributed by atoms with E-state index in [9.17, 15) is 8.78 Å². The minimum absolute atomic E-state index is 0.0199. The van der Waals surface area contributed by atoms with Crippen molar-refractivity contribution in [3.63, 3.8) is 0 Å². The van der Waals surface area contributed by atoms with Gasteiger partial charge in [0.2, 0.25) is 0 Å². The molecule has 0 radical (unpaired) electrons. The van der Waals surface area contributed by atoms with Crippen molar-refractivity contribution in [3.05, 3.63) is 53.6 Å². The van der Waals surface area contributed by atoms with Crippen LogP contribution in [0.3, 0.4) is 0 Å². The molecule has 0 aromatic heterocycles. The maximum atomic E-state index is 13.3. The number of benzene rings is 2. The molecule has 100 valence electrons. The van der Waals surface area contributed by atoms with Crippen LogP contribution in [0.15, 0.2) is 36.4 Å². The second-order valence-electron chi connectivity index (χ2n) is 3.92. The Hall–Kier alpha value is -2.30. The largest absolute Gasteiger partial charge is 0.495 e. The van der Waals surface area contributed by atoms with Gasteiger partial charge in [-0.25, -0.2) is 8.78 Å². The van der Waals surface area contributed by atoms with Gasteiger partial charge < -0.3 is 15.2 Å². The van der Waals surface area contributed by atoms with Gasteiger partial charge in [0, 0.05) is 0 Å². The summed E-state index contributed by atoms with van der Waals surface area (Å²) in [6.45, 7) is 0.0199. The topological polar surface area (TPSA) is 44.5 Å². The molecule has 0 aliphatic heterocycles. The molecule has 3 nitrogen and oxygen atoms in total. The van der Waals surface area contributed by atoms with Crippen LogP contribution in [-0.4, -0.2) is 7.11 Å². The summed E-state index contributed by atoms with van der Waals surface area (Å²) in [5.41, 5.74) is 6.87. The van der Waals surface area contributed by atoms with Gasteiger partial charge in [-0.05, 0) is 29.8 Å². The zero-order valence-electron chi connectivity index (χ0n) is 10.3. The number of rotatable bonds is 4. The highest BCUT2D eigenvalue weighted by atomic mass is 19.1. The number of hydrogen-bond acceptors (Lipinski definition) is 3. The molecule has 2 rings (SSSR count). The first-order chi connectivity index (χ1) is 9.11. The second kappa shape index (κ2) is 5.56. The first kappa shape index (κ1) is 13.1. The van der Waals surface area contributed by atoms with Gasteiger partial charge in [-0.15, -0.1) is 0 Å². The van der Waals surface area contributed by atoms with E-state index in [0.717, 1.165) is 12.1 Å². The fourth-order valence-electron chi connectivity index (χ4n) is 1.65. The number of nitrogens with two attached hydrogens (primary N) is 1. The monoisotopic (exact) mass is 265 g/mol. The molecule has 0 aliphatic rings. The Bertz CT molecular complexity index is 567. The molecule has 0 bridgehead atoms. The fourth-order valence-corrected chi connectivity index (χ4v) is 1.65. The van der Waals surface area contributed by atoms with Gasteiger partial charge in [0.15, 0.2) is 17.4 Å². The highest BCUT2D eigenvalue weighted by Gasteiger charge is 2.10. The van der Waals surface area contributed by atoms with Crippen molar-refractivity contribution in [3.8, 4) is 11.5 Å². The minimum atomic E-state index is -0.735. The van der Waals surface area contributed by atoms with Crippen molar-refractivity contribution in [1.29, 1.82) is 0 Å². The zero-order valence-corrected chi connectivity index (χ0v) is 10.3. The van der Waals surface area contributed by atoms with Crippen LogP contribution in [0, 0.1) is 11.6 Å². The lowest BCUT2D eigenvalue weighted by Crippen LogP contribution is -2.01. The highest BCUT2D eigenvalue weighted by molar-refractivity contribution is 5.54. The lowest BCUT2D eigenvalue weighted by atomic mass is 10.2. The Morgan fingerprint density at radius 2 is 1.79 bits per heavy atom. The Morgan fingerprint density at radius 3 is 2.37 bits per heavy atom. The molecule has 0 aliphatic carbocycles. The van der Waals surface area contributed by atoms with Crippen LogP contribution in [0.25, 0.3) is 0 Å². The molecule has 0 amide bonds. The van der Waals surface area contributed by atoms with Crippen LogP contribution in [0.5, 0.6) is 11.5 Å². The van der Waals surface area contributed by atoms with Crippen LogP contribution in [0.1, 0.15) is 5.56 Å². The van der Waals surface area contributed by atoms with Gasteiger partial charge in [0.05, 0.1) is 12.8 Å². The molecule has 2 aromatic rings. The van der Waals surface area contributed by atoms with E-state index in [1.165, 1.54) is 13.2 Å². The third-order valence-corrected chi connectivity index (χ3v) is 2.60. The smallest absolute Gasteiger partial charge is 0.191 e. The van der Waals surface area contributed by atoms with E-state index in [0.29, 0.717) is 17.0 Å². The number of halogens is 2. The fraction of sp³-hybridized carbons (Fsp3) is 0.143. The minimum Gasteiger partial charge on any atom is -0.495 e. The van der Waals surface area contributed by atoms with E-state index in [2.05, 4.69) is 0 Å². The maximum absolute atomic E-state index is 13.3. The Kier molecular flexibility index (Phi) is 3.85. The van der Waals surface area contributed by atoms with E-state index >= 15 is 0 Å². The SMILES string of the molecule is COc1ccc(COc2c(F)cccc2F)cc1N. The lowest BCUT2D eigenvalue weighted by molar-refractivity contribution is 0.274. The summed E-state index contributed by atoms with van der Waals surface area (Å²) >= 11 is 0. The van der Waals surface area contributed by atoms with Crippen molar-refractivity contribution in [1.82, 2.24) is 0 Å². The van der Waals surface area contributed by atoms with Crippen molar-refractivity contribution in [2.45, 2.75) is 6.61 Å². The van der Waals surface area contributed by atoms with E-state index in [4.69, 9.17) is 15.2 Å². The molecule has 0 saturated carbocycles. The molecule has 5 heteroatoms. The summed E-state index contributed by atoms with van der Waals surface area (Å²) in [4.78, 5) is 0. The van der Waals surface area contributed by atoms with Gasteiger partial charge >= 0.3 is 0 Å². The van der Waals surface area contributed by atoms with Crippen molar-refractivity contribution >= 4 is 5.69 Å². The lowest BCUT2D eigenvalue weighted by Gasteiger charge is -2.10. The number of ether oxygens (including phenoxy) is 2. The summed E-state index contributed by atoms with van der Waals surface area (Å²) < 4.78 is 36.8. The van der Waals surface area contributed by atoms with Crippen LogP contribution >= 0.6 is 0 Å². The second-order valence-corrected chi connectivity index (χ2v) is 3.92. The van der Waals surface area contributed by atoms with Crippen molar-refractivity contribution in [2.75, 3.05) is 12.8 Å². The van der Waals surface area contributed by atoms with Crippen LogP contribution < -0.4 is 15.2 Å². The average Bonchev–Trinajstić information content (AvgIpc) is 2.38. The van der Waals surface area contributed by atoms with Gasteiger partial charge in [0.1, 0.15) is 12.4 Å². The van der Waals surface area contributed by atoms with Crippen molar-refractivity contribution < 1.29 is 18.3 Å². The van der Waals surface area contributed by atoms with Crippen LogP contribution in [0.2, 0.25) is 0 Å².